The van der Waals surface area contributed by atoms with Gasteiger partial charge in [-0.05, 0) is 75.5 Å². The first kappa shape index (κ1) is 19.7. The SMILES string of the molecule is Cc1nc(NC(=S)NCC2(c3ccccc3)CCOCC2)c(Br)cc1Br. The second kappa shape index (κ2) is 8.78. The van der Waals surface area contributed by atoms with Crippen LogP contribution in [0.1, 0.15) is 24.1 Å². The van der Waals surface area contributed by atoms with E-state index in [4.69, 9.17) is 17.0 Å². The molecule has 7 heteroatoms. The fourth-order valence-corrected chi connectivity index (χ4v) is 4.38. The average molecular weight is 499 g/mol. The highest BCUT2D eigenvalue weighted by atomic mass is 79.9. The third kappa shape index (κ3) is 4.63. The predicted molar refractivity (Wildman–Crippen MR) is 117 cm³/mol. The molecule has 1 aromatic heterocycles. The van der Waals surface area contributed by atoms with Gasteiger partial charge in [0.05, 0.1) is 10.2 Å². The lowest BCUT2D eigenvalue weighted by Gasteiger charge is -2.38. The zero-order valence-electron chi connectivity index (χ0n) is 14.5. The van der Waals surface area contributed by atoms with E-state index in [0.29, 0.717) is 10.9 Å². The highest BCUT2D eigenvalue weighted by Gasteiger charge is 2.34. The van der Waals surface area contributed by atoms with Gasteiger partial charge in [-0.3, -0.25) is 0 Å². The summed E-state index contributed by atoms with van der Waals surface area (Å²) in [7, 11) is 0. The van der Waals surface area contributed by atoms with Gasteiger partial charge in [-0.25, -0.2) is 4.98 Å². The zero-order valence-corrected chi connectivity index (χ0v) is 18.5. The third-order valence-electron chi connectivity index (χ3n) is 4.76. The van der Waals surface area contributed by atoms with Crippen molar-refractivity contribution in [1.29, 1.82) is 0 Å². The van der Waals surface area contributed by atoms with Crippen LogP contribution in [-0.2, 0) is 10.2 Å². The van der Waals surface area contributed by atoms with E-state index in [-0.39, 0.29) is 5.41 Å². The number of thiocarbonyl (C=S) groups is 1. The summed E-state index contributed by atoms with van der Waals surface area (Å²) in [5.74, 6) is 0.712. The van der Waals surface area contributed by atoms with Crippen LogP contribution in [-0.4, -0.2) is 29.9 Å². The van der Waals surface area contributed by atoms with Crippen LogP contribution >= 0.6 is 44.1 Å². The topological polar surface area (TPSA) is 46.2 Å². The molecule has 3 rings (SSSR count). The average Bonchev–Trinajstić information content (AvgIpc) is 2.66. The zero-order chi connectivity index (χ0) is 18.6. The van der Waals surface area contributed by atoms with Crippen molar-refractivity contribution >= 4 is 55.0 Å². The summed E-state index contributed by atoms with van der Waals surface area (Å²) < 4.78 is 7.41. The number of halogens is 2. The normalized spacial score (nSPS) is 16.1. The van der Waals surface area contributed by atoms with E-state index in [1.165, 1.54) is 5.56 Å². The third-order valence-corrected chi connectivity index (χ3v) is 6.41. The van der Waals surface area contributed by atoms with E-state index in [0.717, 1.165) is 47.2 Å². The first-order valence-corrected chi connectivity index (χ1v) is 10.5. The number of nitrogens with one attached hydrogen (secondary N) is 2. The van der Waals surface area contributed by atoms with Crippen LogP contribution in [0.15, 0.2) is 45.3 Å². The van der Waals surface area contributed by atoms with E-state index in [1.807, 2.05) is 13.0 Å². The molecule has 1 fully saturated rings. The molecular formula is C19H21Br2N3OS. The van der Waals surface area contributed by atoms with Gasteiger partial charge in [-0.1, -0.05) is 30.3 Å². The van der Waals surface area contributed by atoms with Gasteiger partial charge in [0.1, 0.15) is 5.82 Å². The summed E-state index contributed by atoms with van der Waals surface area (Å²) in [6, 6.07) is 12.6. The predicted octanol–water partition coefficient (Wildman–Crippen LogP) is 4.95. The van der Waals surface area contributed by atoms with Crippen LogP contribution in [0, 0.1) is 6.92 Å². The van der Waals surface area contributed by atoms with Crippen LogP contribution in [0.4, 0.5) is 5.82 Å². The van der Waals surface area contributed by atoms with Crippen LogP contribution < -0.4 is 10.6 Å². The quantitative estimate of drug-likeness (QED) is 0.584. The van der Waals surface area contributed by atoms with Crippen LogP contribution in [0.25, 0.3) is 0 Å². The van der Waals surface area contributed by atoms with Gasteiger partial charge < -0.3 is 15.4 Å². The number of benzene rings is 1. The van der Waals surface area contributed by atoms with Crippen molar-refractivity contribution in [2.45, 2.75) is 25.2 Å². The lowest BCUT2D eigenvalue weighted by atomic mass is 9.74. The monoisotopic (exact) mass is 497 g/mol. The fraction of sp³-hybridized carbons (Fsp3) is 0.368. The molecule has 0 saturated carbocycles. The van der Waals surface area contributed by atoms with E-state index >= 15 is 0 Å². The molecule has 1 aliphatic heterocycles. The summed E-state index contributed by atoms with van der Waals surface area (Å²) in [6.45, 7) is 4.26. The Balaban J connectivity index is 1.70. The van der Waals surface area contributed by atoms with E-state index in [2.05, 4.69) is 77.8 Å². The number of rotatable bonds is 4. The Labute approximate surface area is 176 Å². The summed E-state index contributed by atoms with van der Waals surface area (Å²) in [4.78, 5) is 4.53. The van der Waals surface area contributed by atoms with Crippen LogP contribution in [0.3, 0.4) is 0 Å². The molecule has 0 bridgehead atoms. The van der Waals surface area contributed by atoms with Gasteiger partial charge in [0.15, 0.2) is 5.11 Å². The first-order valence-electron chi connectivity index (χ1n) is 8.51. The van der Waals surface area contributed by atoms with Crippen molar-refractivity contribution in [3.05, 3.63) is 56.6 Å². The van der Waals surface area contributed by atoms with E-state index in [1.54, 1.807) is 0 Å². The molecule has 138 valence electrons. The molecule has 0 unspecified atom stereocenters. The summed E-state index contributed by atoms with van der Waals surface area (Å²) in [5, 5.41) is 7.16. The molecule has 4 nitrogen and oxygen atoms in total. The maximum Gasteiger partial charge on any atom is 0.172 e. The highest BCUT2D eigenvalue weighted by molar-refractivity contribution is 9.11. The number of hydrogen-bond donors (Lipinski definition) is 2. The molecular weight excluding hydrogens is 478 g/mol. The Hall–Kier alpha value is -1.02. The number of aromatic nitrogens is 1. The smallest absolute Gasteiger partial charge is 0.172 e. The largest absolute Gasteiger partial charge is 0.381 e. The fourth-order valence-electron chi connectivity index (χ4n) is 3.17. The molecule has 1 saturated heterocycles. The summed E-state index contributed by atoms with van der Waals surface area (Å²) in [5.41, 5.74) is 2.27. The molecule has 0 spiro atoms. The Bertz CT molecular complexity index is 780. The van der Waals surface area contributed by atoms with Crippen molar-refractivity contribution in [3.63, 3.8) is 0 Å². The highest BCUT2D eigenvalue weighted by Crippen LogP contribution is 2.34. The number of pyridine rings is 1. The molecule has 0 amide bonds. The Morgan fingerprint density at radius 2 is 1.88 bits per heavy atom. The van der Waals surface area contributed by atoms with Gasteiger partial charge in [-0.2, -0.15) is 0 Å². The Morgan fingerprint density at radius 1 is 1.19 bits per heavy atom. The number of aryl methyl sites for hydroxylation is 1. The second-order valence-electron chi connectivity index (χ2n) is 6.45. The Kier molecular flexibility index (Phi) is 6.66. The lowest BCUT2D eigenvalue weighted by molar-refractivity contribution is 0.0515. The number of hydrogen-bond acceptors (Lipinski definition) is 3. The molecule has 2 heterocycles. The van der Waals surface area contributed by atoms with E-state index in [9.17, 15) is 0 Å². The molecule has 0 atom stereocenters. The first-order chi connectivity index (χ1) is 12.5. The van der Waals surface area contributed by atoms with Gasteiger partial charge in [0.2, 0.25) is 0 Å². The van der Waals surface area contributed by atoms with Crippen molar-refractivity contribution in [2.75, 3.05) is 25.1 Å². The molecule has 2 aromatic rings. The van der Waals surface area contributed by atoms with E-state index < -0.39 is 0 Å². The van der Waals surface area contributed by atoms with Crippen molar-refractivity contribution in [2.24, 2.45) is 0 Å². The van der Waals surface area contributed by atoms with Crippen LogP contribution in [0.5, 0.6) is 0 Å². The van der Waals surface area contributed by atoms with Gasteiger partial charge in [0, 0.05) is 29.6 Å². The second-order valence-corrected chi connectivity index (χ2v) is 8.57. The van der Waals surface area contributed by atoms with Gasteiger partial charge in [-0.15, -0.1) is 0 Å². The minimum absolute atomic E-state index is 0.0333. The Morgan fingerprint density at radius 3 is 2.58 bits per heavy atom. The summed E-state index contributed by atoms with van der Waals surface area (Å²) >= 11 is 12.5. The molecule has 1 aromatic carbocycles. The standard InChI is InChI=1S/C19H21Br2N3OS/c1-13-15(20)11-16(21)17(23-13)24-18(26)22-12-19(7-9-25-10-8-19)14-5-3-2-4-6-14/h2-6,11H,7-10,12H2,1H3,(H2,22,23,24,26). The van der Waals surface area contributed by atoms with Crippen molar-refractivity contribution in [3.8, 4) is 0 Å². The molecule has 1 aliphatic rings. The molecule has 0 radical (unpaired) electrons. The minimum Gasteiger partial charge on any atom is -0.381 e. The number of nitrogens with zero attached hydrogens (tertiary/aromatic N) is 1. The number of anilines is 1. The maximum absolute atomic E-state index is 5.59. The lowest BCUT2D eigenvalue weighted by Crippen LogP contribution is -2.45. The molecule has 26 heavy (non-hydrogen) atoms. The van der Waals surface area contributed by atoms with Gasteiger partial charge in [0.25, 0.3) is 0 Å². The maximum atomic E-state index is 5.59. The number of ether oxygens (including phenoxy) is 1. The van der Waals surface area contributed by atoms with Gasteiger partial charge >= 0.3 is 0 Å². The molecule has 0 aliphatic carbocycles. The van der Waals surface area contributed by atoms with Crippen LogP contribution in [0.2, 0.25) is 0 Å². The molecule has 2 N–H and O–H groups in total. The van der Waals surface area contributed by atoms with Crippen molar-refractivity contribution in [1.82, 2.24) is 10.3 Å². The summed E-state index contributed by atoms with van der Waals surface area (Å²) in [6.07, 6.45) is 1.96. The van der Waals surface area contributed by atoms with Crippen molar-refractivity contribution < 1.29 is 4.74 Å². The minimum atomic E-state index is 0.0333.